The van der Waals surface area contributed by atoms with E-state index in [1.165, 1.54) is 31.5 Å². The van der Waals surface area contributed by atoms with Crippen molar-refractivity contribution >= 4 is 18.0 Å². The third-order valence-corrected chi connectivity index (χ3v) is 5.58. The third kappa shape index (κ3) is 14.5. The fraction of sp³-hybridized carbons (Fsp3) is 0.593. The lowest BCUT2D eigenvalue weighted by molar-refractivity contribution is -0.120. The number of amides is 1. The van der Waals surface area contributed by atoms with Gasteiger partial charge in [-0.25, -0.2) is 4.99 Å². The average Bonchev–Trinajstić information content (AvgIpc) is 3.66. The fourth-order valence-corrected chi connectivity index (χ4v) is 3.45. The number of hydrogen-bond donors (Lipinski definition) is 3. The maximum Gasteiger partial charge on any atom is 0.243 e. The number of ether oxygens (including phenoxy) is 1. The van der Waals surface area contributed by atoms with Gasteiger partial charge in [0, 0.05) is 39.5 Å². The molecule has 0 saturated heterocycles. The summed E-state index contributed by atoms with van der Waals surface area (Å²) in [4.78, 5) is 30.2. The molecule has 202 valence electrons. The summed E-state index contributed by atoms with van der Waals surface area (Å²) in [5.74, 6) is 1.88. The van der Waals surface area contributed by atoms with Crippen LogP contribution in [0, 0.1) is 5.92 Å². The van der Waals surface area contributed by atoms with E-state index in [-0.39, 0.29) is 12.5 Å². The van der Waals surface area contributed by atoms with E-state index in [9.17, 15) is 4.79 Å². The molecule has 1 aromatic rings. The number of carbonyl (C=O) groups excluding carboxylic acids is 2. The lowest BCUT2D eigenvalue weighted by atomic mass is 10.1. The predicted octanol–water partition coefficient (Wildman–Crippen LogP) is 2.82. The highest BCUT2D eigenvalue weighted by Gasteiger charge is 2.22. The molecule has 0 unspecified atom stereocenters. The van der Waals surface area contributed by atoms with Crippen LogP contribution in [0.4, 0.5) is 0 Å². The number of benzene rings is 1. The minimum Gasteiger partial charge on any atom is -0.384 e. The van der Waals surface area contributed by atoms with Crippen LogP contribution in [0.2, 0.25) is 0 Å². The number of carbonyl (C=O) groups is 2. The highest BCUT2D eigenvalue weighted by molar-refractivity contribution is 5.86. The Hall–Kier alpha value is -2.91. The maximum atomic E-state index is 12.5. The minimum absolute atomic E-state index is 0.157. The molecule has 1 aromatic carbocycles. The molecule has 1 amide bonds. The van der Waals surface area contributed by atoms with Crippen LogP contribution in [0.25, 0.3) is 0 Å². The first-order valence-electron chi connectivity index (χ1n) is 12.7. The highest BCUT2D eigenvalue weighted by Crippen LogP contribution is 2.29. The van der Waals surface area contributed by atoms with Gasteiger partial charge in [0.1, 0.15) is 18.8 Å². The molecule has 0 aromatic heterocycles. The van der Waals surface area contributed by atoms with Gasteiger partial charge in [0.25, 0.3) is 0 Å². The molecule has 1 aliphatic rings. The number of aliphatic imine (C=N–C) groups is 1. The number of aldehydes is 1. The summed E-state index contributed by atoms with van der Waals surface area (Å²) in [6.45, 7) is 9.32. The summed E-state index contributed by atoms with van der Waals surface area (Å²) in [5, 5.41) is 5.51. The van der Waals surface area contributed by atoms with Crippen molar-refractivity contribution in [3.8, 4) is 0 Å². The lowest BCUT2D eigenvalue weighted by Crippen LogP contribution is -2.38. The molecule has 2 rings (SSSR count). The van der Waals surface area contributed by atoms with Crippen molar-refractivity contribution in [2.24, 2.45) is 16.6 Å². The van der Waals surface area contributed by atoms with Gasteiger partial charge in [-0.2, -0.15) is 0 Å². The second kappa shape index (κ2) is 18.4. The van der Waals surface area contributed by atoms with Gasteiger partial charge >= 0.3 is 0 Å². The number of amidine groups is 1. The van der Waals surface area contributed by atoms with Gasteiger partial charge in [0.15, 0.2) is 0 Å². The molecule has 1 saturated carbocycles. The van der Waals surface area contributed by atoms with Gasteiger partial charge in [-0.1, -0.05) is 37.6 Å². The average molecular weight is 503 g/mol. The molecule has 0 bridgehead atoms. The first-order valence-corrected chi connectivity index (χ1v) is 12.7. The molecule has 36 heavy (non-hydrogen) atoms. The van der Waals surface area contributed by atoms with Crippen LogP contribution < -0.4 is 16.4 Å². The number of nitrogens with one attached hydrogen (secondary N) is 2. The van der Waals surface area contributed by atoms with Crippen LogP contribution in [-0.4, -0.2) is 68.4 Å². The van der Waals surface area contributed by atoms with Gasteiger partial charge in [0.05, 0.1) is 12.4 Å². The van der Waals surface area contributed by atoms with Crippen molar-refractivity contribution in [1.82, 2.24) is 20.4 Å². The second-order valence-electron chi connectivity index (χ2n) is 9.07. The highest BCUT2D eigenvalue weighted by atomic mass is 16.5. The zero-order valence-electron chi connectivity index (χ0n) is 22.8. The van der Waals surface area contributed by atoms with E-state index >= 15 is 0 Å². The molecule has 0 heterocycles. The summed E-state index contributed by atoms with van der Waals surface area (Å²) in [6, 6.07) is 8.57. The molecule has 0 atom stereocenters. The summed E-state index contributed by atoms with van der Waals surface area (Å²) in [5.41, 5.74) is 8.13. The van der Waals surface area contributed by atoms with Gasteiger partial charge in [0.2, 0.25) is 5.91 Å². The van der Waals surface area contributed by atoms with Crippen molar-refractivity contribution in [3.63, 3.8) is 0 Å². The molecular formula is C27H46N6O3. The Labute approximate surface area is 217 Å². The lowest BCUT2D eigenvalue weighted by Gasteiger charge is -2.24. The maximum absolute atomic E-state index is 12.5. The van der Waals surface area contributed by atoms with E-state index in [0.29, 0.717) is 25.7 Å². The minimum atomic E-state index is -0.157. The first-order chi connectivity index (χ1) is 17.3. The van der Waals surface area contributed by atoms with Crippen molar-refractivity contribution < 1.29 is 14.3 Å². The molecule has 0 spiro atoms. The smallest absolute Gasteiger partial charge is 0.243 e. The Balaban J connectivity index is 0.00000205. The van der Waals surface area contributed by atoms with Crippen LogP contribution in [0.15, 0.2) is 41.3 Å². The molecule has 0 radical (unpaired) electrons. The molecule has 9 nitrogen and oxygen atoms in total. The van der Waals surface area contributed by atoms with Crippen molar-refractivity contribution in [2.75, 3.05) is 40.5 Å². The number of unbranched alkanes of at least 4 members (excludes halogenated alkanes) is 1. The van der Waals surface area contributed by atoms with Crippen LogP contribution >= 0.6 is 0 Å². The normalized spacial score (nSPS) is 13.6. The van der Waals surface area contributed by atoms with E-state index in [1.54, 1.807) is 7.05 Å². The van der Waals surface area contributed by atoms with Gasteiger partial charge in [-0.3, -0.25) is 4.79 Å². The molecule has 0 aliphatic heterocycles. The largest absolute Gasteiger partial charge is 0.384 e. The van der Waals surface area contributed by atoms with Crippen LogP contribution in [0.3, 0.4) is 0 Å². The molecule has 4 N–H and O–H groups in total. The van der Waals surface area contributed by atoms with Crippen LogP contribution in [-0.2, 0) is 27.4 Å². The molecule has 1 aliphatic carbocycles. The SMILES string of the molecule is CC=O.CCCCOC/N=C(\C)N(CC(=O)N/C=C(\N)NC)Cc1cccc(CN(C)CC2CC2)c1. The summed E-state index contributed by atoms with van der Waals surface area (Å²) < 4.78 is 5.59. The van der Waals surface area contributed by atoms with Crippen molar-refractivity contribution in [2.45, 2.75) is 59.5 Å². The van der Waals surface area contributed by atoms with Gasteiger partial charge in [-0.15, -0.1) is 0 Å². The second-order valence-corrected chi connectivity index (χ2v) is 9.07. The zero-order chi connectivity index (χ0) is 26.8. The van der Waals surface area contributed by atoms with E-state index in [2.05, 4.69) is 58.8 Å². The van der Waals surface area contributed by atoms with E-state index in [4.69, 9.17) is 15.3 Å². The predicted molar refractivity (Wildman–Crippen MR) is 146 cm³/mol. The molecular weight excluding hydrogens is 456 g/mol. The van der Waals surface area contributed by atoms with Crippen molar-refractivity contribution in [1.29, 1.82) is 0 Å². The topological polar surface area (TPSA) is 112 Å². The van der Waals surface area contributed by atoms with Crippen LogP contribution in [0.5, 0.6) is 0 Å². The molecule has 9 heteroatoms. The monoisotopic (exact) mass is 502 g/mol. The first kappa shape index (κ1) is 31.1. The number of rotatable bonds is 15. The summed E-state index contributed by atoms with van der Waals surface area (Å²) >= 11 is 0. The number of nitrogens with two attached hydrogens (primary N) is 1. The Bertz CT molecular complexity index is 839. The van der Waals surface area contributed by atoms with Crippen molar-refractivity contribution in [3.05, 3.63) is 47.4 Å². The van der Waals surface area contributed by atoms with Gasteiger partial charge < -0.3 is 35.7 Å². The quantitative estimate of drug-likeness (QED) is 0.146. The van der Waals surface area contributed by atoms with E-state index in [1.807, 2.05) is 11.8 Å². The van der Waals surface area contributed by atoms with E-state index < -0.39 is 0 Å². The summed E-state index contributed by atoms with van der Waals surface area (Å²) in [6.07, 6.45) is 7.04. The Kier molecular flexibility index (Phi) is 15.9. The Morgan fingerprint density at radius 3 is 2.56 bits per heavy atom. The zero-order valence-corrected chi connectivity index (χ0v) is 22.8. The molecule has 1 fully saturated rings. The number of hydrogen-bond acceptors (Lipinski definition) is 7. The standard InChI is InChI=1S/C25H42N6O2.C2H4O/c1-5-6-12-33-19-29-20(2)31(18-25(32)28-14-24(26)27-3)17-23-9-7-8-22(13-23)16-30(4)15-21-10-11-21;1-2-3/h7-9,13-14,21,27H,5-6,10-12,15-19,26H2,1-4H3,(H,28,32);2H,1H3/b24-14+,29-20+;. The van der Waals surface area contributed by atoms with E-state index in [0.717, 1.165) is 49.5 Å². The Morgan fingerprint density at radius 1 is 1.28 bits per heavy atom. The third-order valence-electron chi connectivity index (χ3n) is 5.58. The fourth-order valence-electron chi connectivity index (χ4n) is 3.45. The summed E-state index contributed by atoms with van der Waals surface area (Å²) in [7, 11) is 3.88. The van der Waals surface area contributed by atoms with Crippen LogP contribution in [0.1, 0.15) is 57.6 Å². The Morgan fingerprint density at radius 2 is 1.94 bits per heavy atom. The number of nitrogens with zero attached hydrogens (tertiary/aromatic N) is 3. The van der Waals surface area contributed by atoms with Gasteiger partial charge in [-0.05, 0) is 57.2 Å².